The summed E-state index contributed by atoms with van der Waals surface area (Å²) in [6, 6.07) is 0. The Hall–Kier alpha value is -0.900. The first-order chi connectivity index (χ1) is 10.1. The summed E-state index contributed by atoms with van der Waals surface area (Å²) in [5.41, 5.74) is 6.25. The average Bonchev–Trinajstić information content (AvgIpc) is 2.97. The number of hydrogen-bond acceptors (Lipinski definition) is 4. The molecule has 2 fully saturated rings. The molecule has 1 aromatic heterocycles. The molecule has 0 saturated heterocycles. The molecule has 1 heterocycles. The number of nitrogens with zero attached hydrogens (tertiary/aromatic N) is 2. The number of nitrogens with two attached hydrogens (primary N) is 1. The maximum absolute atomic E-state index is 5.76. The van der Waals surface area contributed by atoms with Crippen molar-refractivity contribution in [1.29, 1.82) is 0 Å². The van der Waals surface area contributed by atoms with Gasteiger partial charge in [-0.3, -0.25) is 0 Å². The van der Waals surface area contributed by atoms with Crippen molar-refractivity contribution >= 4 is 0 Å². The van der Waals surface area contributed by atoms with Gasteiger partial charge in [-0.2, -0.15) is 4.98 Å². The van der Waals surface area contributed by atoms with Crippen LogP contribution < -0.4 is 5.73 Å². The molecule has 0 aromatic carbocycles. The highest BCUT2D eigenvalue weighted by molar-refractivity contribution is 5.02. The van der Waals surface area contributed by atoms with Gasteiger partial charge in [-0.25, -0.2) is 0 Å². The van der Waals surface area contributed by atoms with Crippen molar-refractivity contribution in [2.45, 2.75) is 77.0 Å². The van der Waals surface area contributed by atoms with Crippen LogP contribution in [-0.4, -0.2) is 16.7 Å². The van der Waals surface area contributed by atoms with Crippen molar-refractivity contribution in [3.05, 3.63) is 11.7 Å². The summed E-state index contributed by atoms with van der Waals surface area (Å²) >= 11 is 0. The van der Waals surface area contributed by atoms with E-state index in [9.17, 15) is 0 Å². The standard InChI is InChI=1S/C17H29N3O/c1-17(2)9-7-13(8-10-17)15-19-16(21-20-15)14-5-3-12(11-18)4-6-14/h12-14H,3-11,18H2,1-2H3. The average molecular weight is 291 g/mol. The fourth-order valence-corrected chi connectivity index (χ4v) is 3.88. The van der Waals surface area contributed by atoms with E-state index in [1.165, 1.54) is 38.5 Å². The topological polar surface area (TPSA) is 64.9 Å². The Morgan fingerprint density at radius 2 is 1.71 bits per heavy atom. The summed E-state index contributed by atoms with van der Waals surface area (Å²) in [4.78, 5) is 4.75. The van der Waals surface area contributed by atoms with Gasteiger partial charge in [0.05, 0.1) is 0 Å². The minimum atomic E-state index is 0.467. The van der Waals surface area contributed by atoms with Crippen molar-refractivity contribution in [1.82, 2.24) is 10.1 Å². The van der Waals surface area contributed by atoms with Crippen LogP contribution >= 0.6 is 0 Å². The summed E-state index contributed by atoms with van der Waals surface area (Å²) in [7, 11) is 0. The maximum Gasteiger partial charge on any atom is 0.229 e. The normalized spacial score (nSPS) is 30.4. The van der Waals surface area contributed by atoms with Crippen LogP contribution in [-0.2, 0) is 0 Å². The lowest BCUT2D eigenvalue weighted by atomic mass is 9.73. The van der Waals surface area contributed by atoms with Crippen LogP contribution in [0.1, 0.15) is 88.8 Å². The molecule has 3 rings (SSSR count). The summed E-state index contributed by atoms with van der Waals surface area (Å²) in [6.07, 6.45) is 9.65. The van der Waals surface area contributed by atoms with Crippen molar-refractivity contribution in [3.63, 3.8) is 0 Å². The molecule has 0 spiro atoms. The fourth-order valence-electron chi connectivity index (χ4n) is 3.88. The molecule has 118 valence electrons. The molecule has 0 atom stereocenters. The molecule has 2 N–H and O–H groups in total. The molecule has 4 nitrogen and oxygen atoms in total. The van der Waals surface area contributed by atoms with E-state index in [2.05, 4.69) is 19.0 Å². The SMILES string of the molecule is CC1(C)CCC(c2noc(C3CCC(CN)CC3)n2)CC1. The van der Waals surface area contributed by atoms with Gasteiger partial charge in [0.15, 0.2) is 5.82 Å². The summed E-state index contributed by atoms with van der Waals surface area (Å²) in [5.74, 6) is 3.51. The highest BCUT2D eigenvalue weighted by Crippen LogP contribution is 2.42. The van der Waals surface area contributed by atoms with Crippen LogP contribution in [0.2, 0.25) is 0 Å². The summed E-state index contributed by atoms with van der Waals surface area (Å²) in [6.45, 7) is 5.54. The molecule has 2 aliphatic rings. The molecule has 2 aliphatic carbocycles. The third-order valence-corrected chi connectivity index (χ3v) is 5.69. The number of hydrogen-bond donors (Lipinski definition) is 1. The molecule has 2 saturated carbocycles. The van der Waals surface area contributed by atoms with Gasteiger partial charge in [-0.15, -0.1) is 0 Å². The second-order valence-corrected chi connectivity index (χ2v) is 7.88. The minimum Gasteiger partial charge on any atom is -0.339 e. The van der Waals surface area contributed by atoms with E-state index in [0.717, 1.165) is 31.1 Å². The van der Waals surface area contributed by atoms with Crippen LogP contribution in [0.3, 0.4) is 0 Å². The van der Waals surface area contributed by atoms with Gasteiger partial charge in [0, 0.05) is 11.8 Å². The number of aromatic nitrogens is 2. The van der Waals surface area contributed by atoms with Crippen molar-refractivity contribution in [2.24, 2.45) is 17.1 Å². The van der Waals surface area contributed by atoms with Crippen LogP contribution in [0.15, 0.2) is 4.52 Å². The lowest BCUT2D eigenvalue weighted by Crippen LogP contribution is -2.21. The Morgan fingerprint density at radius 1 is 1.05 bits per heavy atom. The predicted octanol–water partition coefficient (Wildman–Crippen LogP) is 3.99. The van der Waals surface area contributed by atoms with Crippen LogP contribution in [0.25, 0.3) is 0 Å². The largest absolute Gasteiger partial charge is 0.339 e. The Labute approximate surface area is 127 Å². The minimum absolute atomic E-state index is 0.467. The first-order valence-electron chi connectivity index (χ1n) is 8.61. The number of rotatable bonds is 3. The van der Waals surface area contributed by atoms with Crippen molar-refractivity contribution in [3.8, 4) is 0 Å². The van der Waals surface area contributed by atoms with Gasteiger partial charge >= 0.3 is 0 Å². The van der Waals surface area contributed by atoms with E-state index in [1.807, 2.05) is 0 Å². The van der Waals surface area contributed by atoms with Crippen LogP contribution in [0.5, 0.6) is 0 Å². The summed E-state index contributed by atoms with van der Waals surface area (Å²) in [5, 5.41) is 4.29. The van der Waals surface area contributed by atoms with Gasteiger partial charge < -0.3 is 10.3 Å². The van der Waals surface area contributed by atoms with Gasteiger partial charge in [-0.1, -0.05) is 19.0 Å². The molecule has 0 unspecified atom stereocenters. The third kappa shape index (κ3) is 3.47. The lowest BCUT2D eigenvalue weighted by molar-refractivity contribution is 0.218. The Kier molecular flexibility index (Phi) is 4.34. The smallest absolute Gasteiger partial charge is 0.229 e. The molecular formula is C17H29N3O. The zero-order valence-corrected chi connectivity index (χ0v) is 13.5. The lowest BCUT2D eigenvalue weighted by Gasteiger charge is -2.32. The molecule has 0 aliphatic heterocycles. The van der Waals surface area contributed by atoms with Crippen LogP contribution in [0, 0.1) is 11.3 Å². The first-order valence-corrected chi connectivity index (χ1v) is 8.61. The Balaban J connectivity index is 1.59. The predicted molar refractivity (Wildman–Crippen MR) is 83.0 cm³/mol. The fraction of sp³-hybridized carbons (Fsp3) is 0.882. The van der Waals surface area contributed by atoms with E-state index in [-0.39, 0.29) is 0 Å². The highest BCUT2D eigenvalue weighted by atomic mass is 16.5. The Bertz CT molecular complexity index is 450. The molecule has 1 aromatic rings. The second kappa shape index (κ2) is 6.07. The zero-order valence-electron chi connectivity index (χ0n) is 13.5. The van der Waals surface area contributed by atoms with E-state index < -0.39 is 0 Å². The molecule has 21 heavy (non-hydrogen) atoms. The van der Waals surface area contributed by atoms with Crippen LogP contribution in [0.4, 0.5) is 0 Å². The molecular weight excluding hydrogens is 262 g/mol. The summed E-state index contributed by atoms with van der Waals surface area (Å²) < 4.78 is 5.59. The van der Waals surface area contributed by atoms with E-state index in [1.54, 1.807) is 0 Å². The monoisotopic (exact) mass is 291 g/mol. The van der Waals surface area contributed by atoms with Gasteiger partial charge in [0.2, 0.25) is 5.89 Å². The quantitative estimate of drug-likeness (QED) is 0.914. The van der Waals surface area contributed by atoms with Gasteiger partial charge in [0.1, 0.15) is 0 Å². The maximum atomic E-state index is 5.76. The van der Waals surface area contributed by atoms with E-state index in [4.69, 9.17) is 15.2 Å². The zero-order chi connectivity index (χ0) is 14.9. The molecule has 0 radical (unpaired) electrons. The molecule has 0 amide bonds. The Morgan fingerprint density at radius 3 is 2.33 bits per heavy atom. The van der Waals surface area contributed by atoms with Gasteiger partial charge in [0.25, 0.3) is 0 Å². The third-order valence-electron chi connectivity index (χ3n) is 5.69. The van der Waals surface area contributed by atoms with E-state index in [0.29, 0.717) is 23.2 Å². The van der Waals surface area contributed by atoms with E-state index >= 15 is 0 Å². The van der Waals surface area contributed by atoms with Crippen molar-refractivity contribution in [2.75, 3.05) is 6.54 Å². The molecule has 0 bridgehead atoms. The highest BCUT2D eigenvalue weighted by Gasteiger charge is 2.31. The second-order valence-electron chi connectivity index (χ2n) is 7.88. The van der Waals surface area contributed by atoms with Crippen molar-refractivity contribution < 1.29 is 4.52 Å². The first kappa shape index (κ1) is 15.0. The van der Waals surface area contributed by atoms with Gasteiger partial charge in [-0.05, 0) is 69.2 Å². The molecule has 4 heteroatoms.